The minimum Gasteiger partial charge on any atom is -0.481 e. The maximum absolute atomic E-state index is 5.40. The topological polar surface area (TPSA) is 62.8 Å². The van der Waals surface area contributed by atoms with E-state index < -0.39 is 0 Å². The van der Waals surface area contributed by atoms with Crippen molar-refractivity contribution in [2.45, 2.75) is 26.9 Å². The average molecular weight is 296 g/mol. The van der Waals surface area contributed by atoms with E-state index in [9.17, 15) is 0 Å². The molecule has 0 saturated carbocycles. The Morgan fingerprint density at radius 1 is 1.23 bits per heavy atom. The Labute approximate surface area is 129 Å². The lowest BCUT2D eigenvalue weighted by Crippen LogP contribution is -2.15. The number of H-pyrrole nitrogens is 1. The molecule has 3 rings (SSSR count). The number of pyridine rings is 1. The third kappa shape index (κ3) is 2.80. The van der Waals surface area contributed by atoms with Crippen molar-refractivity contribution < 1.29 is 4.74 Å². The summed E-state index contributed by atoms with van der Waals surface area (Å²) in [6, 6.07) is 8.29. The third-order valence-corrected chi connectivity index (χ3v) is 3.81. The second-order valence-electron chi connectivity index (χ2n) is 5.42. The molecular formula is C17H20N4O. The number of hydrogen-bond donors (Lipinski definition) is 2. The summed E-state index contributed by atoms with van der Waals surface area (Å²) in [6.45, 7) is 5.54. The van der Waals surface area contributed by atoms with Crippen LogP contribution >= 0.6 is 0 Å². The molecule has 2 N–H and O–H groups in total. The molecule has 0 fully saturated rings. The fraction of sp³-hybridized carbons (Fsp3) is 0.294. The summed E-state index contributed by atoms with van der Waals surface area (Å²) in [7, 11) is 1.66. The van der Waals surface area contributed by atoms with Crippen molar-refractivity contribution in [3.8, 4) is 5.88 Å². The largest absolute Gasteiger partial charge is 0.481 e. The van der Waals surface area contributed by atoms with Gasteiger partial charge in [-0.3, -0.25) is 5.10 Å². The molecule has 5 heteroatoms. The van der Waals surface area contributed by atoms with Gasteiger partial charge < -0.3 is 10.1 Å². The van der Waals surface area contributed by atoms with E-state index >= 15 is 0 Å². The maximum atomic E-state index is 5.40. The molecule has 5 nitrogen and oxygen atoms in total. The van der Waals surface area contributed by atoms with Gasteiger partial charge in [0.2, 0.25) is 5.88 Å². The summed E-state index contributed by atoms with van der Waals surface area (Å²) >= 11 is 0. The van der Waals surface area contributed by atoms with E-state index in [1.165, 1.54) is 11.1 Å². The minimum atomic E-state index is 0.699. The molecule has 2 heterocycles. The summed E-state index contributed by atoms with van der Waals surface area (Å²) in [5, 5.41) is 11.7. The Kier molecular flexibility index (Phi) is 4.06. The van der Waals surface area contributed by atoms with Crippen molar-refractivity contribution in [2.75, 3.05) is 7.11 Å². The summed E-state index contributed by atoms with van der Waals surface area (Å²) in [5.74, 6) is 0.699. The summed E-state index contributed by atoms with van der Waals surface area (Å²) in [6.07, 6.45) is 1.84. The highest BCUT2D eigenvalue weighted by Crippen LogP contribution is 2.21. The van der Waals surface area contributed by atoms with E-state index in [0.717, 1.165) is 28.7 Å². The van der Waals surface area contributed by atoms with Crippen molar-refractivity contribution >= 4 is 10.9 Å². The zero-order valence-corrected chi connectivity index (χ0v) is 13.1. The van der Waals surface area contributed by atoms with Crippen LogP contribution in [0.1, 0.15) is 22.4 Å². The first-order chi connectivity index (χ1) is 10.7. The number of methoxy groups -OCH3 is 1. The molecule has 0 atom stereocenters. The van der Waals surface area contributed by atoms with Crippen LogP contribution in [0.2, 0.25) is 0 Å². The van der Waals surface area contributed by atoms with Gasteiger partial charge in [0.05, 0.1) is 18.8 Å². The van der Waals surface area contributed by atoms with Crippen LogP contribution in [0.25, 0.3) is 10.9 Å². The Hall–Kier alpha value is -2.40. The van der Waals surface area contributed by atoms with Gasteiger partial charge in [0.25, 0.3) is 0 Å². The van der Waals surface area contributed by atoms with Crippen LogP contribution < -0.4 is 10.1 Å². The number of aromatic amines is 1. The first-order valence-electron chi connectivity index (χ1n) is 7.32. The number of nitrogens with one attached hydrogen (secondary N) is 2. The molecule has 0 amide bonds. The maximum Gasteiger partial charge on any atom is 0.218 e. The molecule has 0 aliphatic heterocycles. The van der Waals surface area contributed by atoms with Gasteiger partial charge in [0.15, 0.2) is 0 Å². The van der Waals surface area contributed by atoms with Gasteiger partial charge in [-0.2, -0.15) is 5.10 Å². The molecule has 0 unspecified atom stereocenters. The number of ether oxygens (including phenoxy) is 1. The van der Waals surface area contributed by atoms with Crippen LogP contribution in [0, 0.1) is 13.8 Å². The van der Waals surface area contributed by atoms with Crippen LogP contribution in [0.15, 0.2) is 30.5 Å². The SMILES string of the molecule is COc1nc(C)cc(C)c1CNCc1cccc2cn[nH]c12. The standard InChI is InChI=1S/C17H20N4O/c1-11-7-12(2)20-17(22-3)15(11)10-18-8-13-5-4-6-14-9-19-21-16(13)14/h4-7,9,18H,8,10H2,1-3H3,(H,19,21). The van der Waals surface area contributed by atoms with E-state index in [1.54, 1.807) is 7.11 Å². The molecule has 0 bridgehead atoms. The second kappa shape index (κ2) is 6.15. The molecule has 2 aromatic heterocycles. The Morgan fingerprint density at radius 2 is 2.09 bits per heavy atom. The van der Waals surface area contributed by atoms with E-state index in [0.29, 0.717) is 12.4 Å². The first-order valence-corrected chi connectivity index (χ1v) is 7.32. The van der Waals surface area contributed by atoms with Gasteiger partial charge in [-0.25, -0.2) is 4.98 Å². The van der Waals surface area contributed by atoms with Crippen LogP contribution in [-0.4, -0.2) is 22.3 Å². The van der Waals surface area contributed by atoms with Gasteiger partial charge in [0.1, 0.15) is 0 Å². The van der Waals surface area contributed by atoms with Gasteiger partial charge in [-0.15, -0.1) is 0 Å². The molecule has 0 aliphatic carbocycles. The molecule has 0 spiro atoms. The van der Waals surface area contributed by atoms with Gasteiger partial charge in [-0.1, -0.05) is 18.2 Å². The highest BCUT2D eigenvalue weighted by atomic mass is 16.5. The average Bonchev–Trinajstić information content (AvgIpc) is 2.98. The summed E-state index contributed by atoms with van der Waals surface area (Å²) in [4.78, 5) is 4.44. The molecule has 22 heavy (non-hydrogen) atoms. The highest BCUT2D eigenvalue weighted by Gasteiger charge is 2.09. The van der Waals surface area contributed by atoms with Crippen molar-refractivity contribution in [3.05, 3.63) is 52.8 Å². The van der Waals surface area contributed by atoms with Gasteiger partial charge in [-0.05, 0) is 31.0 Å². The molecule has 114 valence electrons. The van der Waals surface area contributed by atoms with E-state index in [-0.39, 0.29) is 0 Å². The molecular weight excluding hydrogens is 276 g/mol. The van der Waals surface area contributed by atoms with Crippen LogP contribution in [0.4, 0.5) is 0 Å². The number of aryl methyl sites for hydroxylation is 2. The summed E-state index contributed by atoms with van der Waals surface area (Å²) in [5.41, 5.74) is 5.55. The highest BCUT2D eigenvalue weighted by molar-refractivity contribution is 5.81. The van der Waals surface area contributed by atoms with Crippen LogP contribution in [-0.2, 0) is 13.1 Å². The number of para-hydroxylation sites is 1. The molecule has 0 saturated heterocycles. The lowest BCUT2D eigenvalue weighted by atomic mass is 10.1. The Balaban J connectivity index is 1.75. The van der Waals surface area contributed by atoms with Crippen molar-refractivity contribution in [2.24, 2.45) is 0 Å². The number of benzene rings is 1. The molecule has 1 aromatic carbocycles. The fourth-order valence-electron chi connectivity index (χ4n) is 2.71. The minimum absolute atomic E-state index is 0.699. The zero-order valence-electron chi connectivity index (χ0n) is 13.1. The monoisotopic (exact) mass is 296 g/mol. The van der Waals surface area contributed by atoms with Gasteiger partial charge >= 0.3 is 0 Å². The van der Waals surface area contributed by atoms with Crippen molar-refractivity contribution in [1.82, 2.24) is 20.5 Å². The zero-order chi connectivity index (χ0) is 15.5. The number of aromatic nitrogens is 3. The lowest BCUT2D eigenvalue weighted by Gasteiger charge is -2.13. The molecule has 3 aromatic rings. The second-order valence-corrected chi connectivity index (χ2v) is 5.42. The van der Waals surface area contributed by atoms with Crippen molar-refractivity contribution in [1.29, 1.82) is 0 Å². The Morgan fingerprint density at radius 3 is 2.91 bits per heavy atom. The van der Waals surface area contributed by atoms with Crippen molar-refractivity contribution in [3.63, 3.8) is 0 Å². The van der Waals surface area contributed by atoms with Crippen LogP contribution in [0.3, 0.4) is 0 Å². The normalized spacial score (nSPS) is 11.0. The first kappa shape index (κ1) is 14.5. The van der Waals surface area contributed by atoms with E-state index in [4.69, 9.17) is 4.74 Å². The quantitative estimate of drug-likeness (QED) is 0.760. The number of rotatable bonds is 5. The number of hydrogen-bond acceptors (Lipinski definition) is 4. The smallest absolute Gasteiger partial charge is 0.218 e. The fourth-order valence-corrected chi connectivity index (χ4v) is 2.71. The number of fused-ring (bicyclic) bond motifs is 1. The third-order valence-electron chi connectivity index (χ3n) is 3.81. The summed E-state index contributed by atoms with van der Waals surface area (Å²) < 4.78 is 5.40. The van der Waals surface area contributed by atoms with E-state index in [1.807, 2.05) is 19.2 Å². The predicted octanol–water partition coefficient (Wildman–Crippen LogP) is 2.87. The lowest BCUT2D eigenvalue weighted by molar-refractivity contribution is 0.389. The number of nitrogens with zero attached hydrogens (tertiary/aromatic N) is 2. The predicted molar refractivity (Wildman–Crippen MR) is 86.9 cm³/mol. The van der Waals surface area contributed by atoms with E-state index in [2.05, 4.69) is 45.6 Å². The van der Waals surface area contributed by atoms with Crippen LogP contribution in [0.5, 0.6) is 5.88 Å². The van der Waals surface area contributed by atoms with Gasteiger partial charge in [0, 0.05) is 29.7 Å². The molecule has 0 radical (unpaired) electrons. The molecule has 0 aliphatic rings. The Bertz CT molecular complexity index is 794.